The van der Waals surface area contributed by atoms with Crippen molar-refractivity contribution >= 4 is 11.8 Å². The minimum absolute atomic E-state index is 0.0210. The van der Waals surface area contributed by atoms with E-state index in [0.717, 1.165) is 18.5 Å². The number of nitrogens with zero attached hydrogens (tertiary/aromatic N) is 1. The summed E-state index contributed by atoms with van der Waals surface area (Å²) >= 11 is 0. The number of amides is 2. The highest BCUT2D eigenvalue weighted by atomic mass is 16.3. The molecule has 0 saturated heterocycles. The maximum Gasteiger partial charge on any atom is 0.290 e. The zero-order valence-corrected chi connectivity index (χ0v) is 14.6. The van der Waals surface area contributed by atoms with Crippen LogP contribution in [0.5, 0.6) is 0 Å². The molecule has 2 amide bonds. The number of hydrazine groups is 1. The van der Waals surface area contributed by atoms with E-state index in [2.05, 4.69) is 41.8 Å². The van der Waals surface area contributed by atoms with Gasteiger partial charge in [-0.05, 0) is 48.5 Å². The van der Waals surface area contributed by atoms with Gasteiger partial charge in [0.2, 0.25) is 5.91 Å². The van der Waals surface area contributed by atoms with E-state index in [1.165, 1.54) is 0 Å². The first-order chi connectivity index (χ1) is 11.2. The average Bonchev–Trinajstić information content (AvgIpc) is 3.08. The normalized spacial score (nSPS) is 33.5. The number of carbonyl (C=O) groups is 2. The van der Waals surface area contributed by atoms with Crippen LogP contribution in [-0.4, -0.2) is 33.2 Å². The molecule has 24 heavy (non-hydrogen) atoms. The average molecular weight is 334 g/mol. The number of aliphatic hydroxyl groups excluding tert-OH is 1. The van der Waals surface area contributed by atoms with E-state index < -0.39 is 12.0 Å². The van der Waals surface area contributed by atoms with Crippen molar-refractivity contribution in [2.45, 2.75) is 53.1 Å². The van der Waals surface area contributed by atoms with Gasteiger partial charge in [-0.2, -0.15) is 5.10 Å². The molecule has 4 unspecified atom stereocenters. The van der Waals surface area contributed by atoms with Gasteiger partial charge in [-0.25, -0.2) is 0 Å². The number of carbonyl (C=O) groups excluding carboxylic acids is 2. The van der Waals surface area contributed by atoms with Crippen LogP contribution >= 0.6 is 0 Å². The van der Waals surface area contributed by atoms with Gasteiger partial charge in [0.15, 0.2) is 5.69 Å². The standard InChI is InChI=1S/C17H26N4O3/c1-9-7-12(19-18-9)15(24)21-20-13(22)8-10-11-5-6-17(4,14(10)23)16(11,2)3/h7,10-11,14,23H,5-6,8H2,1-4H3,(H,18,19)(H,20,22)(H,21,24). The number of aliphatic hydroxyl groups is 1. The van der Waals surface area contributed by atoms with Gasteiger partial charge >= 0.3 is 0 Å². The third kappa shape index (κ3) is 2.42. The van der Waals surface area contributed by atoms with E-state index in [-0.39, 0.29) is 34.8 Å². The van der Waals surface area contributed by atoms with Gasteiger partial charge in [-0.15, -0.1) is 0 Å². The molecule has 1 aromatic rings. The number of aromatic amines is 1. The van der Waals surface area contributed by atoms with Crippen LogP contribution in [0.15, 0.2) is 6.07 Å². The lowest BCUT2D eigenvalue weighted by Gasteiger charge is -2.37. The molecule has 2 saturated carbocycles. The Morgan fingerprint density at radius 3 is 2.62 bits per heavy atom. The van der Waals surface area contributed by atoms with E-state index in [1.807, 2.05) is 0 Å². The van der Waals surface area contributed by atoms with Crippen molar-refractivity contribution in [3.8, 4) is 0 Å². The lowest BCUT2D eigenvalue weighted by atomic mass is 9.70. The number of aryl methyl sites for hydroxylation is 1. The van der Waals surface area contributed by atoms with Gasteiger partial charge in [-0.1, -0.05) is 20.8 Å². The topological polar surface area (TPSA) is 107 Å². The van der Waals surface area contributed by atoms with Crippen molar-refractivity contribution < 1.29 is 14.7 Å². The Labute approximate surface area is 141 Å². The molecule has 132 valence electrons. The van der Waals surface area contributed by atoms with Crippen LogP contribution in [0.3, 0.4) is 0 Å². The van der Waals surface area contributed by atoms with Gasteiger partial charge in [0.25, 0.3) is 5.91 Å². The highest BCUT2D eigenvalue weighted by Crippen LogP contribution is 2.68. The predicted molar refractivity (Wildman–Crippen MR) is 87.7 cm³/mol. The second-order valence-corrected chi connectivity index (χ2v) is 8.04. The third-order valence-corrected chi connectivity index (χ3v) is 6.62. The Hall–Kier alpha value is -1.89. The number of nitrogens with one attached hydrogen (secondary N) is 3. The minimum Gasteiger partial charge on any atom is -0.392 e. The van der Waals surface area contributed by atoms with Crippen molar-refractivity contribution in [1.82, 2.24) is 21.0 Å². The molecular weight excluding hydrogens is 308 g/mol. The Morgan fingerprint density at radius 1 is 1.38 bits per heavy atom. The van der Waals surface area contributed by atoms with Crippen LogP contribution in [0.2, 0.25) is 0 Å². The third-order valence-electron chi connectivity index (χ3n) is 6.62. The SMILES string of the molecule is Cc1cc(C(=O)NNC(=O)CC2C3CCC(C)(C2O)C3(C)C)n[nH]1. The van der Waals surface area contributed by atoms with Crippen LogP contribution in [0.1, 0.15) is 56.2 Å². The second-order valence-electron chi connectivity index (χ2n) is 8.04. The Morgan fingerprint density at radius 2 is 2.08 bits per heavy atom. The number of hydrogen-bond acceptors (Lipinski definition) is 4. The van der Waals surface area contributed by atoms with Crippen molar-refractivity contribution in [3.63, 3.8) is 0 Å². The number of H-pyrrole nitrogens is 1. The first-order valence-electron chi connectivity index (χ1n) is 8.46. The van der Waals surface area contributed by atoms with Crippen LogP contribution in [0.25, 0.3) is 0 Å². The van der Waals surface area contributed by atoms with Crippen LogP contribution < -0.4 is 10.9 Å². The molecule has 4 atom stereocenters. The molecule has 3 rings (SSSR count). The zero-order valence-electron chi connectivity index (χ0n) is 14.6. The summed E-state index contributed by atoms with van der Waals surface area (Å²) in [6.07, 6.45) is 1.77. The van der Waals surface area contributed by atoms with Gasteiger partial charge < -0.3 is 5.11 Å². The fourth-order valence-corrected chi connectivity index (χ4v) is 4.78. The molecule has 2 fully saturated rings. The second kappa shape index (κ2) is 5.58. The fourth-order valence-electron chi connectivity index (χ4n) is 4.78. The summed E-state index contributed by atoms with van der Waals surface area (Å²) in [5.41, 5.74) is 5.68. The molecule has 1 aromatic heterocycles. The summed E-state index contributed by atoms with van der Waals surface area (Å²) in [7, 11) is 0. The summed E-state index contributed by atoms with van der Waals surface area (Å²) in [6.45, 7) is 8.29. The first-order valence-corrected chi connectivity index (χ1v) is 8.46. The number of aromatic nitrogens is 2. The van der Waals surface area contributed by atoms with E-state index in [0.29, 0.717) is 5.92 Å². The van der Waals surface area contributed by atoms with Crippen molar-refractivity contribution in [2.24, 2.45) is 22.7 Å². The largest absolute Gasteiger partial charge is 0.392 e. The molecule has 4 N–H and O–H groups in total. The predicted octanol–water partition coefficient (Wildman–Crippen LogP) is 1.30. The van der Waals surface area contributed by atoms with Crippen LogP contribution in [0.4, 0.5) is 0 Å². The smallest absolute Gasteiger partial charge is 0.290 e. The summed E-state index contributed by atoms with van der Waals surface area (Å²) in [5.74, 6) is -0.490. The van der Waals surface area contributed by atoms with Gasteiger partial charge in [0.1, 0.15) is 0 Å². The minimum atomic E-state index is -0.485. The number of fused-ring (bicyclic) bond motifs is 2. The lowest BCUT2D eigenvalue weighted by molar-refractivity contribution is -0.124. The highest BCUT2D eigenvalue weighted by molar-refractivity contribution is 5.93. The maximum absolute atomic E-state index is 12.2. The molecule has 7 nitrogen and oxygen atoms in total. The van der Waals surface area contributed by atoms with Crippen molar-refractivity contribution in [3.05, 3.63) is 17.5 Å². The van der Waals surface area contributed by atoms with Crippen LogP contribution in [0, 0.1) is 29.6 Å². The molecule has 0 radical (unpaired) electrons. The number of hydrogen-bond donors (Lipinski definition) is 4. The number of rotatable bonds is 3. The Balaban J connectivity index is 1.57. The summed E-state index contributed by atoms with van der Waals surface area (Å²) in [5, 5.41) is 17.2. The molecule has 0 aliphatic heterocycles. The van der Waals surface area contributed by atoms with Crippen molar-refractivity contribution in [1.29, 1.82) is 0 Å². The molecular formula is C17H26N4O3. The van der Waals surface area contributed by atoms with Gasteiger partial charge in [0, 0.05) is 12.1 Å². The van der Waals surface area contributed by atoms with E-state index in [9.17, 15) is 14.7 Å². The molecule has 2 bridgehead atoms. The van der Waals surface area contributed by atoms with Crippen molar-refractivity contribution in [2.75, 3.05) is 0 Å². The first kappa shape index (κ1) is 17.0. The Kier molecular flexibility index (Phi) is 3.94. The van der Waals surface area contributed by atoms with E-state index in [4.69, 9.17) is 0 Å². The monoisotopic (exact) mass is 334 g/mol. The molecule has 0 spiro atoms. The van der Waals surface area contributed by atoms with Gasteiger partial charge in [-0.3, -0.25) is 25.5 Å². The molecule has 2 aliphatic rings. The summed E-state index contributed by atoms with van der Waals surface area (Å²) in [6, 6.07) is 1.60. The maximum atomic E-state index is 12.2. The molecule has 1 heterocycles. The Bertz CT molecular complexity index is 669. The lowest BCUT2D eigenvalue weighted by Crippen LogP contribution is -2.44. The zero-order chi connectivity index (χ0) is 17.7. The highest BCUT2D eigenvalue weighted by Gasteiger charge is 2.65. The summed E-state index contributed by atoms with van der Waals surface area (Å²) in [4.78, 5) is 24.1. The fraction of sp³-hybridized carbons (Fsp3) is 0.706. The van der Waals surface area contributed by atoms with Crippen LogP contribution in [-0.2, 0) is 4.79 Å². The summed E-state index contributed by atoms with van der Waals surface area (Å²) < 4.78 is 0. The van der Waals surface area contributed by atoms with E-state index in [1.54, 1.807) is 13.0 Å². The van der Waals surface area contributed by atoms with E-state index >= 15 is 0 Å². The van der Waals surface area contributed by atoms with Gasteiger partial charge in [0.05, 0.1) is 6.10 Å². The molecule has 2 aliphatic carbocycles. The molecule has 7 heteroatoms. The molecule has 0 aromatic carbocycles. The quantitative estimate of drug-likeness (QED) is 0.625.